The highest BCUT2D eigenvalue weighted by molar-refractivity contribution is 7.47. The van der Waals surface area contributed by atoms with Crippen LogP contribution in [0.4, 0.5) is 0 Å². The van der Waals surface area contributed by atoms with Gasteiger partial charge in [-0.25, -0.2) is 9.13 Å². The van der Waals surface area contributed by atoms with Crippen LogP contribution in [0.5, 0.6) is 0 Å². The maximum Gasteiger partial charge on any atom is 0.472 e. The molecule has 540 valence electrons. The highest BCUT2D eigenvalue weighted by Crippen LogP contribution is 2.45. The Labute approximate surface area is 556 Å². The van der Waals surface area contributed by atoms with Crippen molar-refractivity contribution in [2.75, 3.05) is 39.6 Å². The van der Waals surface area contributed by atoms with Crippen LogP contribution >= 0.6 is 15.6 Å². The van der Waals surface area contributed by atoms with E-state index < -0.39 is 97.5 Å². The maximum atomic E-state index is 13.0. The van der Waals surface area contributed by atoms with Crippen molar-refractivity contribution in [2.24, 2.45) is 5.92 Å². The summed E-state index contributed by atoms with van der Waals surface area (Å²) in [6.07, 6.45) is 53.0. The van der Waals surface area contributed by atoms with Crippen molar-refractivity contribution in [3.05, 3.63) is 0 Å². The van der Waals surface area contributed by atoms with Crippen LogP contribution in [0.3, 0.4) is 0 Å². The van der Waals surface area contributed by atoms with E-state index in [1.165, 1.54) is 193 Å². The summed E-state index contributed by atoms with van der Waals surface area (Å²) in [4.78, 5) is 72.4. The number of carbonyl (C=O) groups excluding carboxylic acids is 4. The number of esters is 4. The molecule has 0 rings (SSSR count). The Bertz CT molecular complexity index is 1760. The summed E-state index contributed by atoms with van der Waals surface area (Å²) in [5, 5.41) is 10.6. The first-order valence-electron chi connectivity index (χ1n) is 37.7. The van der Waals surface area contributed by atoms with Crippen LogP contribution < -0.4 is 0 Å². The second kappa shape index (κ2) is 65.4. The van der Waals surface area contributed by atoms with Gasteiger partial charge < -0.3 is 33.8 Å². The second-order valence-corrected chi connectivity index (χ2v) is 29.1. The Balaban J connectivity index is 5.15. The third-order valence-corrected chi connectivity index (χ3v) is 19.0. The monoisotopic (exact) mass is 1340 g/mol. The molecule has 0 fully saturated rings. The highest BCUT2D eigenvalue weighted by atomic mass is 31.2. The Kier molecular flexibility index (Phi) is 64.0. The summed E-state index contributed by atoms with van der Waals surface area (Å²) in [6.45, 7) is 7.21. The number of aliphatic hydroxyl groups excluding tert-OH is 1. The zero-order valence-corrected chi connectivity index (χ0v) is 60.8. The molecule has 0 aliphatic carbocycles. The minimum atomic E-state index is -4.95. The average Bonchev–Trinajstić information content (AvgIpc) is 3.03. The summed E-state index contributed by atoms with van der Waals surface area (Å²) in [5.41, 5.74) is 0. The third-order valence-electron chi connectivity index (χ3n) is 17.1. The fourth-order valence-corrected chi connectivity index (χ4v) is 12.5. The molecule has 0 radical (unpaired) electrons. The fraction of sp³-hybridized carbons (Fsp3) is 0.944. The minimum absolute atomic E-state index is 0.107. The molecular formula is C72H140O17P2. The summed E-state index contributed by atoms with van der Waals surface area (Å²) >= 11 is 0. The molecule has 0 spiro atoms. The lowest BCUT2D eigenvalue weighted by atomic mass is 9.99. The molecule has 0 aliphatic rings. The van der Waals surface area contributed by atoms with Crippen LogP contribution in [0, 0.1) is 5.92 Å². The summed E-state index contributed by atoms with van der Waals surface area (Å²) in [6, 6.07) is 0. The number of hydrogen-bond donors (Lipinski definition) is 3. The molecular weight excluding hydrogens is 1200 g/mol. The molecule has 19 heteroatoms. The summed E-state index contributed by atoms with van der Waals surface area (Å²) in [7, 11) is -9.89. The highest BCUT2D eigenvalue weighted by Gasteiger charge is 2.30. The van der Waals surface area contributed by atoms with Crippen molar-refractivity contribution < 1.29 is 80.2 Å². The molecule has 3 N–H and O–H groups in total. The van der Waals surface area contributed by atoms with E-state index in [0.717, 1.165) is 102 Å². The number of unbranched alkanes of at least 4 members (excludes halogenated alkanes) is 43. The van der Waals surface area contributed by atoms with E-state index in [2.05, 4.69) is 34.6 Å². The average molecular weight is 1340 g/mol. The van der Waals surface area contributed by atoms with Gasteiger partial charge in [0.15, 0.2) is 12.2 Å². The molecule has 0 amide bonds. The molecule has 3 unspecified atom stereocenters. The molecule has 6 atom stereocenters. The number of rotatable bonds is 72. The number of carbonyl (C=O) groups is 4. The predicted octanol–water partition coefficient (Wildman–Crippen LogP) is 20.9. The third kappa shape index (κ3) is 65.1. The standard InChI is InChI=1S/C72H140O17P2/c1-6-10-13-16-18-20-22-24-26-27-28-29-31-33-39-43-48-53-58-72(77)89-68(62-83-70(75)56-51-46-41-37-35-34-36-40-45-49-54-65(5)9-4)64-87-91(80,81)85-60-66(73)59-84-90(78,79)86-63-67(61-82-69(74)55-50-44-15-12-8-3)88-71(76)57-52-47-42-38-32-30-25-23-21-19-17-14-11-7-2/h65-68,73H,6-64H2,1-5H3,(H,78,79)(H,80,81)/t65?,66-,67+,68+/m0/s1. The van der Waals surface area contributed by atoms with E-state index >= 15 is 0 Å². The first-order valence-corrected chi connectivity index (χ1v) is 40.7. The van der Waals surface area contributed by atoms with Crippen molar-refractivity contribution in [1.82, 2.24) is 0 Å². The van der Waals surface area contributed by atoms with Gasteiger partial charge in [0.05, 0.1) is 26.4 Å². The zero-order valence-electron chi connectivity index (χ0n) is 59.0. The number of phosphoric acid groups is 2. The Morgan fingerprint density at radius 1 is 0.308 bits per heavy atom. The van der Waals surface area contributed by atoms with E-state index in [4.69, 9.17) is 37.0 Å². The van der Waals surface area contributed by atoms with Crippen LogP contribution in [-0.2, 0) is 65.4 Å². The van der Waals surface area contributed by atoms with Crippen molar-refractivity contribution in [1.29, 1.82) is 0 Å². The van der Waals surface area contributed by atoms with Gasteiger partial charge in [-0.1, -0.05) is 324 Å². The first kappa shape index (κ1) is 89.1. The van der Waals surface area contributed by atoms with E-state index in [0.29, 0.717) is 25.7 Å². The number of ether oxygens (including phenoxy) is 4. The lowest BCUT2D eigenvalue weighted by Gasteiger charge is -2.21. The Morgan fingerprint density at radius 3 is 0.780 bits per heavy atom. The molecule has 0 saturated carbocycles. The van der Waals surface area contributed by atoms with Crippen molar-refractivity contribution in [2.45, 2.75) is 393 Å². The van der Waals surface area contributed by atoms with Crippen LogP contribution in [0.2, 0.25) is 0 Å². The smallest absolute Gasteiger partial charge is 0.462 e. The van der Waals surface area contributed by atoms with E-state index in [1.54, 1.807) is 0 Å². The molecule has 0 bridgehead atoms. The van der Waals surface area contributed by atoms with Gasteiger partial charge in [0.1, 0.15) is 19.3 Å². The molecule has 0 aliphatic heterocycles. The van der Waals surface area contributed by atoms with E-state index in [1.807, 2.05) is 0 Å². The lowest BCUT2D eigenvalue weighted by Crippen LogP contribution is -2.30. The second-order valence-electron chi connectivity index (χ2n) is 26.2. The van der Waals surface area contributed by atoms with Gasteiger partial charge in [0.2, 0.25) is 0 Å². The van der Waals surface area contributed by atoms with Crippen molar-refractivity contribution in [3.8, 4) is 0 Å². The molecule has 91 heavy (non-hydrogen) atoms. The molecule has 0 aromatic heterocycles. The van der Waals surface area contributed by atoms with Crippen LogP contribution in [0.1, 0.15) is 375 Å². The van der Waals surface area contributed by atoms with Gasteiger partial charge in [-0.15, -0.1) is 0 Å². The van der Waals surface area contributed by atoms with E-state index in [-0.39, 0.29) is 25.7 Å². The molecule has 0 heterocycles. The summed E-state index contributed by atoms with van der Waals surface area (Å²) < 4.78 is 68.2. The molecule has 17 nitrogen and oxygen atoms in total. The minimum Gasteiger partial charge on any atom is -0.462 e. The molecule has 0 aromatic carbocycles. The zero-order chi connectivity index (χ0) is 67.0. The number of hydrogen-bond acceptors (Lipinski definition) is 15. The van der Waals surface area contributed by atoms with Gasteiger partial charge in [-0.05, 0) is 31.6 Å². The SMILES string of the molecule is CCCCCCCCCCCCCCCCCCCCC(=O)O[C@H](COC(=O)CCCCCCCCCCCCC(C)CC)COP(=O)(O)OC[C@@H](O)COP(=O)(O)OC[C@@H](COC(=O)CCCCCCC)OC(=O)CCCCCCCCCCCCCCCC. The van der Waals surface area contributed by atoms with Gasteiger partial charge >= 0.3 is 39.5 Å². The van der Waals surface area contributed by atoms with Crippen LogP contribution in [-0.4, -0.2) is 96.7 Å². The van der Waals surface area contributed by atoms with Gasteiger partial charge in [-0.2, -0.15) is 0 Å². The molecule has 0 saturated heterocycles. The van der Waals surface area contributed by atoms with Gasteiger partial charge in [0, 0.05) is 25.7 Å². The Morgan fingerprint density at radius 2 is 0.527 bits per heavy atom. The number of phosphoric ester groups is 2. The van der Waals surface area contributed by atoms with Crippen molar-refractivity contribution >= 4 is 39.5 Å². The summed E-state index contributed by atoms with van der Waals surface area (Å²) in [5.74, 6) is -1.32. The fourth-order valence-electron chi connectivity index (χ4n) is 11.0. The van der Waals surface area contributed by atoms with Crippen LogP contribution in [0.25, 0.3) is 0 Å². The largest absolute Gasteiger partial charge is 0.472 e. The topological polar surface area (TPSA) is 237 Å². The maximum absolute atomic E-state index is 13.0. The van der Waals surface area contributed by atoms with Crippen molar-refractivity contribution in [3.63, 3.8) is 0 Å². The van der Waals surface area contributed by atoms with E-state index in [9.17, 15) is 43.2 Å². The quantitative estimate of drug-likeness (QED) is 0.0222. The van der Waals surface area contributed by atoms with Crippen LogP contribution in [0.15, 0.2) is 0 Å². The normalized spacial score (nSPS) is 14.3. The Hall–Kier alpha value is -1.94. The predicted molar refractivity (Wildman–Crippen MR) is 368 cm³/mol. The lowest BCUT2D eigenvalue weighted by molar-refractivity contribution is -0.161. The number of aliphatic hydroxyl groups is 1. The van der Waals surface area contributed by atoms with Gasteiger partial charge in [-0.3, -0.25) is 37.3 Å². The molecule has 0 aromatic rings. The van der Waals surface area contributed by atoms with Gasteiger partial charge in [0.25, 0.3) is 0 Å². The first-order chi connectivity index (χ1) is 44.1.